The summed E-state index contributed by atoms with van der Waals surface area (Å²) < 4.78 is 11.1. The lowest BCUT2D eigenvalue weighted by atomic mass is 9.69. The third-order valence-electron chi connectivity index (χ3n) is 7.37. The fraction of sp³-hybridized carbons (Fsp3) is 0.433. The number of rotatable bonds is 7. The van der Waals surface area contributed by atoms with Crippen molar-refractivity contribution in [2.75, 3.05) is 7.11 Å². The van der Waals surface area contributed by atoms with Gasteiger partial charge in [0.05, 0.1) is 13.2 Å². The van der Waals surface area contributed by atoms with Gasteiger partial charge in [0, 0.05) is 29.3 Å². The molecule has 2 aromatic carbocycles. The van der Waals surface area contributed by atoms with Crippen LogP contribution in [0.5, 0.6) is 5.75 Å². The monoisotopic (exact) mass is 473 g/mol. The highest BCUT2D eigenvalue weighted by Gasteiger charge is 2.45. The maximum atomic E-state index is 13.7. The molecule has 0 amide bonds. The number of hydrogen-bond donors (Lipinski definition) is 0. The SMILES string of the molecule is CCc1ccc(C2C3=C(CC(c4ccc(OC)cc4)CC3=O)N=C(C)C2C(=O)OC(C)CC)cc1. The van der Waals surface area contributed by atoms with E-state index < -0.39 is 5.92 Å². The Labute approximate surface area is 208 Å². The quantitative estimate of drug-likeness (QED) is 0.451. The number of carbonyl (C=O) groups is 2. The molecule has 0 bridgehead atoms. The first-order valence-electron chi connectivity index (χ1n) is 12.6. The van der Waals surface area contributed by atoms with Crippen molar-refractivity contribution in [2.24, 2.45) is 10.9 Å². The van der Waals surface area contributed by atoms with Gasteiger partial charge >= 0.3 is 5.97 Å². The van der Waals surface area contributed by atoms with E-state index in [0.717, 1.165) is 35.4 Å². The second-order valence-corrected chi connectivity index (χ2v) is 9.62. The van der Waals surface area contributed by atoms with Crippen LogP contribution < -0.4 is 4.74 Å². The number of ether oxygens (including phenoxy) is 2. The number of carbonyl (C=O) groups excluding carboxylic acids is 2. The molecular weight excluding hydrogens is 438 g/mol. The van der Waals surface area contributed by atoms with Crippen molar-refractivity contribution >= 4 is 17.5 Å². The summed E-state index contributed by atoms with van der Waals surface area (Å²) in [5, 5.41) is 0. The predicted molar refractivity (Wildman–Crippen MR) is 138 cm³/mol. The number of Topliss-reactive ketones (excluding diaryl/α,β-unsaturated/α-hetero) is 1. The fourth-order valence-electron chi connectivity index (χ4n) is 5.15. The van der Waals surface area contributed by atoms with Gasteiger partial charge in [0.25, 0.3) is 0 Å². The van der Waals surface area contributed by atoms with E-state index in [0.29, 0.717) is 24.1 Å². The van der Waals surface area contributed by atoms with E-state index in [1.807, 2.05) is 45.0 Å². The second-order valence-electron chi connectivity index (χ2n) is 9.62. The zero-order valence-electron chi connectivity index (χ0n) is 21.3. The molecule has 0 fully saturated rings. The summed E-state index contributed by atoms with van der Waals surface area (Å²) in [5.74, 6) is -0.377. The Morgan fingerprint density at radius 3 is 2.29 bits per heavy atom. The van der Waals surface area contributed by atoms with Crippen molar-refractivity contribution in [3.63, 3.8) is 0 Å². The van der Waals surface area contributed by atoms with Crippen molar-refractivity contribution in [3.05, 3.63) is 76.5 Å². The topological polar surface area (TPSA) is 65.0 Å². The summed E-state index contributed by atoms with van der Waals surface area (Å²) in [4.78, 5) is 31.9. The van der Waals surface area contributed by atoms with Crippen LogP contribution in [0.25, 0.3) is 0 Å². The molecule has 0 radical (unpaired) electrons. The van der Waals surface area contributed by atoms with Crippen LogP contribution in [-0.4, -0.2) is 30.7 Å². The molecule has 35 heavy (non-hydrogen) atoms. The second kappa shape index (κ2) is 10.6. The average Bonchev–Trinajstić information content (AvgIpc) is 2.87. The van der Waals surface area contributed by atoms with Gasteiger partial charge in [-0.3, -0.25) is 14.6 Å². The maximum absolute atomic E-state index is 13.7. The van der Waals surface area contributed by atoms with Gasteiger partial charge in [-0.15, -0.1) is 0 Å². The molecule has 4 unspecified atom stereocenters. The van der Waals surface area contributed by atoms with Gasteiger partial charge in [0.1, 0.15) is 11.7 Å². The molecule has 0 N–H and O–H groups in total. The van der Waals surface area contributed by atoms with E-state index in [1.165, 1.54) is 5.56 Å². The standard InChI is InChI=1S/C30H35NO4/c1-6-18(3)35-30(33)27-19(4)31-25-16-23(21-12-14-24(34-5)15-13-21)17-26(32)29(25)28(27)22-10-8-20(7-2)9-11-22/h8-15,18,23,27-28H,6-7,16-17H2,1-5H3. The summed E-state index contributed by atoms with van der Waals surface area (Å²) in [6.07, 6.45) is 2.55. The Kier molecular flexibility index (Phi) is 7.54. The van der Waals surface area contributed by atoms with E-state index in [9.17, 15) is 9.59 Å². The van der Waals surface area contributed by atoms with Crippen molar-refractivity contribution in [1.82, 2.24) is 0 Å². The zero-order valence-corrected chi connectivity index (χ0v) is 21.3. The highest BCUT2D eigenvalue weighted by atomic mass is 16.5. The minimum Gasteiger partial charge on any atom is -0.497 e. The Hall–Kier alpha value is -3.21. The van der Waals surface area contributed by atoms with Crippen LogP contribution in [0, 0.1) is 5.92 Å². The summed E-state index contributed by atoms with van der Waals surface area (Å²) in [5.41, 5.74) is 5.47. The first-order chi connectivity index (χ1) is 16.9. The molecule has 0 saturated heterocycles. The number of hydrogen-bond acceptors (Lipinski definition) is 5. The summed E-state index contributed by atoms with van der Waals surface area (Å²) >= 11 is 0. The lowest BCUT2D eigenvalue weighted by Gasteiger charge is -2.37. The molecule has 0 aromatic heterocycles. The zero-order chi connectivity index (χ0) is 25.1. The summed E-state index contributed by atoms with van der Waals surface area (Å²) in [7, 11) is 1.64. The number of ketones is 1. The van der Waals surface area contributed by atoms with Crippen LogP contribution >= 0.6 is 0 Å². The molecule has 184 valence electrons. The van der Waals surface area contributed by atoms with Gasteiger partial charge in [0.15, 0.2) is 5.78 Å². The Morgan fingerprint density at radius 2 is 1.69 bits per heavy atom. The van der Waals surface area contributed by atoms with E-state index >= 15 is 0 Å². The third-order valence-corrected chi connectivity index (χ3v) is 7.37. The number of nitrogens with zero attached hydrogens (tertiary/aromatic N) is 1. The Balaban J connectivity index is 1.75. The van der Waals surface area contributed by atoms with Crippen LogP contribution in [0.15, 0.2) is 64.8 Å². The van der Waals surface area contributed by atoms with E-state index in [1.54, 1.807) is 7.11 Å². The van der Waals surface area contributed by atoms with Gasteiger partial charge in [0.2, 0.25) is 0 Å². The molecule has 0 saturated carbocycles. The number of benzene rings is 2. The largest absolute Gasteiger partial charge is 0.497 e. The molecule has 4 atom stereocenters. The molecule has 2 aliphatic rings. The summed E-state index contributed by atoms with van der Waals surface area (Å²) in [6, 6.07) is 16.2. The van der Waals surface area contributed by atoms with Crippen molar-refractivity contribution < 1.29 is 19.1 Å². The van der Waals surface area contributed by atoms with Crippen LogP contribution in [0.4, 0.5) is 0 Å². The number of methoxy groups -OCH3 is 1. The lowest BCUT2D eigenvalue weighted by Crippen LogP contribution is -2.39. The number of aryl methyl sites for hydroxylation is 1. The lowest BCUT2D eigenvalue weighted by molar-refractivity contribution is -0.151. The number of aliphatic imine (C=N–C) groups is 1. The summed E-state index contributed by atoms with van der Waals surface area (Å²) in [6.45, 7) is 7.89. The number of esters is 1. The van der Waals surface area contributed by atoms with Gasteiger partial charge < -0.3 is 9.47 Å². The molecule has 4 rings (SSSR count). The Bertz CT molecular complexity index is 1140. The van der Waals surface area contributed by atoms with E-state index in [2.05, 4.69) is 31.2 Å². The smallest absolute Gasteiger partial charge is 0.315 e. The van der Waals surface area contributed by atoms with Crippen LogP contribution in [0.1, 0.15) is 75.5 Å². The van der Waals surface area contributed by atoms with Crippen LogP contribution in [0.2, 0.25) is 0 Å². The first-order valence-corrected chi connectivity index (χ1v) is 12.6. The molecule has 5 heteroatoms. The molecule has 5 nitrogen and oxygen atoms in total. The minimum absolute atomic E-state index is 0.0513. The first kappa shape index (κ1) is 24.9. The van der Waals surface area contributed by atoms with Gasteiger partial charge in [-0.1, -0.05) is 50.2 Å². The number of allylic oxidation sites excluding steroid dienone is 2. The van der Waals surface area contributed by atoms with Gasteiger partial charge in [-0.2, -0.15) is 0 Å². The van der Waals surface area contributed by atoms with Crippen molar-refractivity contribution in [3.8, 4) is 5.75 Å². The predicted octanol–water partition coefficient (Wildman–Crippen LogP) is 6.17. The maximum Gasteiger partial charge on any atom is 0.315 e. The highest BCUT2D eigenvalue weighted by Crippen LogP contribution is 2.47. The average molecular weight is 474 g/mol. The molecule has 1 heterocycles. The molecule has 1 aliphatic carbocycles. The van der Waals surface area contributed by atoms with E-state index in [-0.39, 0.29) is 29.7 Å². The van der Waals surface area contributed by atoms with Gasteiger partial charge in [-0.25, -0.2) is 0 Å². The molecule has 0 spiro atoms. The van der Waals surface area contributed by atoms with Crippen molar-refractivity contribution in [1.29, 1.82) is 0 Å². The molecule has 1 aliphatic heterocycles. The van der Waals surface area contributed by atoms with Crippen molar-refractivity contribution in [2.45, 2.75) is 71.3 Å². The fourth-order valence-corrected chi connectivity index (χ4v) is 5.15. The minimum atomic E-state index is -0.600. The van der Waals surface area contributed by atoms with E-state index in [4.69, 9.17) is 14.5 Å². The molecule has 2 aromatic rings. The molecular formula is C30H35NO4. The van der Waals surface area contributed by atoms with Crippen LogP contribution in [-0.2, 0) is 20.7 Å². The third kappa shape index (κ3) is 5.09. The normalized spacial score (nSPS) is 22.8. The highest BCUT2D eigenvalue weighted by molar-refractivity contribution is 6.09. The Morgan fingerprint density at radius 1 is 1.03 bits per heavy atom. The van der Waals surface area contributed by atoms with Gasteiger partial charge in [-0.05, 0) is 67.9 Å². The van der Waals surface area contributed by atoms with Crippen LogP contribution in [0.3, 0.4) is 0 Å².